The molecule has 0 aliphatic rings. The van der Waals surface area contributed by atoms with Crippen LogP contribution < -0.4 is 0 Å². The van der Waals surface area contributed by atoms with E-state index >= 15 is 0 Å². The molecule has 0 N–H and O–H groups in total. The molecule has 3 nitrogen and oxygen atoms in total. The lowest BCUT2D eigenvalue weighted by Crippen LogP contribution is -2.06. The number of benzene rings is 3. The van der Waals surface area contributed by atoms with Gasteiger partial charge < -0.3 is 0 Å². The van der Waals surface area contributed by atoms with Crippen LogP contribution in [0, 0.1) is 18.3 Å². The predicted octanol–water partition coefficient (Wildman–Crippen LogP) is 5.95. The molecule has 0 radical (unpaired) electrons. The SMILES string of the molecule is Cc1cc(-c2ccc(CC(=O)Cc3cccc(-c4ccc(C#N)cc4)c3)cc2)ccn1. The first-order chi connectivity index (χ1) is 15.1. The fourth-order valence-electron chi connectivity index (χ4n) is 3.66. The number of aromatic nitrogens is 1. The number of hydrogen-bond acceptors (Lipinski definition) is 3. The number of aryl methyl sites for hydroxylation is 1. The summed E-state index contributed by atoms with van der Waals surface area (Å²) in [6.45, 7) is 1.98. The van der Waals surface area contributed by atoms with E-state index in [0.29, 0.717) is 18.4 Å². The van der Waals surface area contributed by atoms with Crippen LogP contribution in [0.2, 0.25) is 0 Å². The number of nitrogens with zero attached hydrogens (tertiary/aromatic N) is 2. The molecule has 0 bridgehead atoms. The maximum absolute atomic E-state index is 12.7. The zero-order chi connectivity index (χ0) is 21.6. The lowest BCUT2D eigenvalue weighted by molar-refractivity contribution is -0.117. The summed E-state index contributed by atoms with van der Waals surface area (Å²) >= 11 is 0. The second-order valence-corrected chi connectivity index (χ2v) is 7.66. The Hall–Kier alpha value is -4.03. The molecule has 4 aromatic rings. The third kappa shape index (κ3) is 5.12. The molecule has 0 saturated carbocycles. The van der Waals surface area contributed by atoms with E-state index in [0.717, 1.165) is 39.1 Å². The van der Waals surface area contributed by atoms with Crippen LogP contribution in [-0.2, 0) is 17.6 Å². The van der Waals surface area contributed by atoms with E-state index in [1.165, 1.54) is 0 Å². The van der Waals surface area contributed by atoms with Gasteiger partial charge in [0.2, 0.25) is 0 Å². The number of pyridine rings is 1. The highest BCUT2D eigenvalue weighted by Gasteiger charge is 2.08. The van der Waals surface area contributed by atoms with Crippen molar-refractivity contribution in [3.05, 3.63) is 114 Å². The van der Waals surface area contributed by atoms with Gasteiger partial charge in [-0.25, -0.2) is 0 Å². The van der Waals surface area contributed by atoms with Gasteiger partial charge >= 0.3 is 0 Å². The van der Waals surface area contributed by atoms with Crippen molar-refractivity contribution in [2.45, 2.75) is 19.8 Å². The van der Waals surface area contributed by atoms with E-state index in [2.05, 4.69) is 29.3 Å². The Morgan fingerprint density at radius 2 is 1.42 bits per heavy atom. The number of Topliss-reactive ketones (excluding diaryl/α,β-unsaturated/α-hetero) is 1. The molecular weight excluding hydrogens is 380 g/mol. The number of nitriles is 1. The third-order valence-electron chi connectivity index (χ3n) is 5.26. The van der Waals surface area contributed by atoms with Gasteiger partial charge in [-0.05, 0) is 64.6 Å². The molecule has 31 heavy (non-hydrogen) atoms. The quantitative estimate of drug-likeness (QED) is 0.400. The summed E-state index contributed by atoms with van der Waals surface area (Å²) < 4.78 is 0. The van der Waals surface area contributed by atoms with Crippen molar-refractivity contribution in [3.8, 4) is 28.3 Å². The lowest BCUT2D eigenvalue weighted by Gasteiger charge is -2.07. The first-order valence-electron chi connectivity index (χ1n) is 10.2. The molecule has 150 valence electrons. The van der Waals surface area contributed by atoms with Crippen LogP contribution in [0.1, 0.15) is 22.4 Å². The number of ketones is 1. The number of carbonyl (C=O) groups excluding carboxylic acids is 1. The van der Waals surface area contributed by atoms with Crippen LogP contribution in [0.3, 0.4) is 0 Å². The van der Waals surface area contributed by atoms with Crippen molar-refractivity contribution in [1.29, 1.82) is 5.26 Å². The Balaban J connectivity index is 1.42. The normalized spacial score (nSPS) is 10.5. The fourth-order valence-corrected chi connectivity index (χ4v) is 3.66. The first kappa shape index (κ1) is 20.3. The Bertz CT molecular complexity index is 1250. The average Bonchev–Trinajstić information content (AvgIpc) is 2.80. The molecule has 0 atom stereocenters. The number of carbonyl (C=O) groups is 1. The van der Waals surface area contributed by atoms with Crippen LogP contribution in [0.5, 0.6) is 0 Å². The van der Waals surface area contributed by atoms with Crippen LogP contribution in [-0.4, -0.2) is 10.8 Å². The van der Waals surface area contributed by atoms with E-state index in [4.69, 9.17) is 5.26 Å². The highest BCUT2D eigenvalue weighted by Crippen LogP contribution is 2.22. The van der Waals surface area contributed by atoms with Crippen LogP contribution in [0.4, 0.5) is 0 Å². The summed E-state index contributed by atoms with van der Waals surface area (Å²) in [6.07, 6.45) is 2.63. The summed E-state index contributed by atoms with van der Waals surface area (Å²) in [5, 5.41) is 8.96. The summed E-state index contributed by atoms with van der Waals surface area (Å²) in [6, 6.07) is 29.9. The molecule has 0 unspecified atom stereocenters. The molecule has 1 aromatic heterocycles. The van der Waals surface area contributed by atoms with Gasteiger partial charge in [0.25, 0.3) is 0 Å². The second-order valence-electron chi connectivity index (χ2n) is 7.66. The summed E-state index contributed by atoms with van der Waals surface area (Å²) in [5.41, 5.74) is 7.97. The van der Waals surface area contributed by atoms with E-state index in [1.807, 2.05) is 79.9 Å². The van der Waals surface area contributed by atoms with E-state index < -0.39 is 0 Å². The maximum atomic E-state index is 12.7. The van der Waals surface area contributed by atoms with Gasteiger partial charge in [-0.3, -0.25) is 9.78 Å². The predicted molar refractivity (Wildman–Crippen MR) is 123 cm³/mol. The average molecular weight is 402 g/mol. The first-order valence-corrected chi connectivity index (χ1v) is 10.2. The minimum Gasteiger partial charge on any atom is -0.299 e. The van der Waals surface area contributed by atoms with E-state index in [1.54, 1.807) is 0 Å². The zero-order valence-electron chi connectivity index (χ0n) is 17.4. The summed E-state index contributed by atoms with van der Waals surface area (Å²) in [4.78, 5) is 16.9. The van der Waals surface area contributed by atoms with Crippen molar-refractivity contribution in [1.82, 2.24) is 4.98 Å². The van der Waals surface area contributed by atoms with Gasteiger partial charge in [0.15, 0.2) is 0 Å². The van der Waals surface area contributed by atoms with Crippen molar-refractivity contribution < 1.29 is 4.79 Å². The Kier molecular flexibility index (Phi) is 6.01. The van der Waals surface area contributed by atoms with Crippen molar-refractivity contribution in [3.63, 3.8) is 0 Å². The van der Waals surface area contributed by atoms with Gasteiger partial charge in [0.1, 0.15) is 5.78 Å². The van der Waals surface area contributed by atoms with Crippen molar-refractivity contribution in [2.24, 2.45) is 0 Å². The Morgan fingerprint density at radius 1 is 0.774 bits per heavy atom. The highest BCUT2D eigenvalue weighted by molar-refractivity contribution is 5.83. The van der Waals surface area contributed by atoms with Crippen LogP contribution >= 0.6 is 0 Å². The van der Waals surface area contributed by atoms with Gasteiger partial charge in [-0.1, -0.05) is 60.7 Å². The Morgan fingerprint density at radius 3 is 2.10 bits per heavy atom. The zero-order valence-corrected chi connectivity index (χ0v) is 17.4. The number of rotatable bonds is 6. The summed E-state index contributed by atoms with van der Waals surface area (Å²) in [7, 11) is 0. The molecule has 3 aromatic carbocycles. The van der Waals surface area contributed by atoms with Gasteiger partial charge in [-0.2, -0.15) is 5.26 Å². The highest BCUT2D eigenvalue weighted by atomic mass is 16.1. The summed E-state index contributed by atoms with van der Waals surface area (Å²) in [5.74, 6) is 0.185. The lowest BCUT2D eigenvalue weighted by atomic mass is 9.97. The van der Waals surface area contributed by atoms with E-state index in [-0.39, 0.29) is 5.78 Å². The molecule has 0 spiro atoms. The molecule has 0 saturated heterocycles. The molecule has 4 rings (SSSR count). The number of hydrogen-bond donors (Lipinski definition) is 0. The smallest absolute Gasteiger partial charge is 0.141 e. The van der Waals surface area contributed by atoms with E-state index in [9.17, 15) is 4.79 Å². The minimum atomic E-state index is 0.185. The van der Waals surface area contributed by atoms with Gasteiger partial charge in [0.05, 0.1) is 11.6 Å². The van der Waals surface area contributed by atoms with Crippen LogP contribution in [0.25, 0.3) is 22.3 Å². The monoisotopic (exact) mass is 402 g/mol. The topological polar surface area (TPSA) is 53.8 Å². The van der Waals surface area contributed by atoms with Gasteiger partial charge in [-0.15, -0.1) is 0 Å². The molecule has 3 heteroatoms. The molecule has 0 amide bonds. The largest absolute Gasteiger partial charge is 0.299 e. The maximum Gasteiger partial charge on any atom is 0.141 e. The Labute approximate surface area is 182 Å². The van der Waals surface area contributed by atoms with Crippen molar-refractivity contribution in [2.75, 3.05) is 0 Å². The third-order valence-corrected chi connectivity index (χ3v) is 5.26. The fraction of sp³-hybridized carbons (Fsp3) is 0.107. The molecule has 0 aliphatic heterocycles. The van der Waals surface area contributed by atoms with Crippen LogP contribution in [0.15, 0.2) is 91.1 Å². The standard InChI is InChI=1S/C28H22N2O/c1-20-15-27(13-14-30-20)25-9-5-21(6-10-25)17-28(31)18-23-3-2-4-26(16-23)24-11-7-22(19-29)8-12-24/h2-16H,17-18H2,1H3. The molecule has 0 aliphatic carbocycles. The minimum absolute atomic E-state index is 0.185. The van der Waals surface area contributed by atoms with Gasteiger partial charge in [0, 0.05) is 24.7 Å². The second kappa shape index (κ2) is 9.19. The molecule has 1 heterocycles. The molecular formula is C28H22N2O. The molecule has 0 fully saturated rings. The van der Waals surface area contributed by atoms with Crippen molar-refractivity contribution >= 4 is 5.78 Å².